The molecule has 0 radical (unpaired) electrons. The molecule has 0 fully saturated rings. The number of fused-ring (bicyclic) bond motifs is 1. The second kappa shape index (κ2) is 4.57. The van der Waals surface area contributed by atoms with Gasteiger partial charge in [0.25, 0.3) is 5.56 Å². The van der Waals surface area contributed by atoms with Gasteiger partial charge in [0.05, 0.1) is 18.1 Å². The summed E-state index contributed by atoms with van der Waals surface area (Å²) in [5, 5.41) is 0. The second-order valence-electron chi connectivity index (χ2n) is 4.16. The minimum absolute atomic E-state index is 0.191. The van der Waals surface area contributed by atoms with Crippen LogP contribution in [0.1, 0.15) is 0 Å². The van der Waals surface area contributed by atoms with Gasteiger partial charge >= 0.3 is 0 Å². The first-order valence-corrected chi connectivity index (χ1v) is 5.91. The molecule has 3 aromatic rings. The van der Waals surface area contributed by atoms with E-state index in [2.05, 4.69) is 9.97 Å². The van der Waals surface area contributed by atoms with Crippen LogP contribution in [-0.4, -0.2) is 17.1 Å². The Labute approximate surface area is 109 Å². The van der Waals surface area contributed by atoms with Gasteiger partial charge in [0.15, 0.2) is 0 Å². The van der Waals surface area contributed by atoms with Crippen LogP contribution in [0.3, 0.4) is 0 Å². The monoisotopic (exact) mass is 252 g/mol. The minimum Gasteiger partial charge on any atom is -0.497 e. The molecule has 0 aliphatic heterocycles. The smallest absolute Gasteiger partial charge is 0.274 e. The van der Waals surface area contributed by atoms with Crippen molar-refractivity contribution in [3.05, 3.63) is 58.9 Å². The number of hydrogen-bond donors (Lipinski definition) is 1. The Balaban J connectivity index is 2.26. The predicted molar refractivity (Wildman–Crippen MR) is 74.4 cm³/mol. The van der Waals surface area contributed by atoms with Gasteiger partial charge in [-0.15, -0.1) is 0 Å². The fourth-order valence-electron chi connectivity index (χ4n) is 1.98. The summed E-state index contributed by atoms with van der Waals surface area (Å²) in [6, 6.07) is 14.8. The van der Waals surface area contributed by atoms with E-state index in [-0.39, 0.29) is 5.56 Å². The Bertz CT molecular complexity index is 779. The molecule has 0 aliphatic rings. The molecule has 4 heteroatoms. The molecule has 94 valence electrons. The van der Waals surface area contributed by atoms with E-state index in [4.69, 9.17) is 4.74 Å². The summed E-state index contributed by atoms with van der Waals surface area (Å²) in [7, 11) is 1.60. The Morgan fingerprint density at radius 2 is 1.89 bits per heavy atom. The van der Waals surface area contributed by atoms with Crippen molar-refractivity contribution in [3.63, 3.8) is 0 Å². The minimum atomic E-state index is -0.191. The molecular formula is C15H12N2O2. The first kappa shape index (κ1) is 11.5. The summed E-state index contributed by atoms with van der Waals surface area (Å²) in [4.78, 5) is 19.3. The molecule has 0 spiro atoms. The van der Waals surface area contributed by atoms with E-state index in [1.807, 2.05) is 30.3 Å². The van der Waals surface area contributed by atoms with Crippen molar-refractivity contribution in [2.45, 2.75) is 0 Å². The molecule has 0 amide bonds. The lowest BCUT2D eigenvalue weighted by Gasteiger charge is -2.04. The quantitative estimate of drug-likeness (QED) is 0.762. The maximum atomic E-state index is 12.0. The maximum absolute atomic E-state index is 12.0. The fraction of sp³-hybridized carbons (Fsp3) is 0.0667. The molecule has 1 heterocycles. The van der Waals surface area contributed by atoms with Crippen LogP contribution < -0.4 is 10.3 Å². The van der Waals surface area contributed by atoms with Crippen molar-refractivity contribution in [3.8, 4) is 17.0 Å². The molecule has 0 bridgehead atoms. The summed E-state index contributed by atoms with van der Waals surface area (Å²) in [6.45, 7) is 0. The Hall–Kier alpha value is -2.62. The van der Waals surface area contributed by atoms with Crippen molar-refractivity contribution in [2.24, 2.45) is 0 Å². The van der Waals surface area contributed by atoms with Gasteiger partial charge in [0, 0.05) is 11.6 Å². The topological polar surface area (TPSA) is 55.0 Å². The van der Waals surface area contributed by atoms with E-state index in [9.17, 15) is 4.79 Å². The summed E-state index contributed by atoms with van der Waals surface area (Å²) >= 11 is 0. The van der Waals surface area contributed by atoms with Crippen LogP contribution in [0.2, 0.25) is 0 Å². The van der Waals surface area contributed by atoms with Gasteiger partial charge in [0.2, 0.25) is 0 Å². The second-order valence-corrected chi connectivity index (χ2v) is 4.16. The summed E-state index contributed by atoms with van der Waals surface area (Å²) < 4.78 is 5.17. The third kappa shape index (κ3) is 2.08. The Kier molecular flexibility index (Phi) is 2.76. The predicted octanol–water partition coefficient (Wildman–Crippen LogP) is 2.60. The highest BCUT2D eigenvalue weighted by molar-refractivity contribution is 5.78. The zero-order valence-corrected chi connectivity index (χ0v) is 10.4. The van der Waals surface area contributed by atoms with Crippen molar-refractivity contribution in [1.29, 1.82) is 0 Å². The van der Waals surface area contributed by atoms with Crippen LogP contribution in [0, 0.1) is 0 Å². The lowest BCUT2D eigenvalue weighted by Crippen LogP contribution is -2.11. The van der Waals surface area contributed by atoms with E-state index in [0.29, 0.717) is 22.5 Å². The molecule has 0 atom stereocenters. The molecule has 19 heavy (non-hydrogen) atoms. The molecule has 1 aromatic heterocycles. The van der Waals surface area contributed by atoms with Crippen molar-refractivity contribution in [1.82, 2.24) is 9.97 Å². The molecule has 4 nitrogen and oxygen atoms in total. The van der Waals surface area contributed by atoms with E-state index >= 15 is 0 Å². The Morgan fingerprint density at radius 3 is 2.63 bits per heavy atom. The van der Waals surface area contributed by atoms with Crippen LogP contribution in [0.5, 0.6) is 5.75 Å². The van der Waals surface area contributed by atoms with Gasteiger partial charge in [0.1, 0.15) is 11.4 Å². The molecule has 0 saturated heterocycles. The van der Waals surface area contributed by atoms with E-state index < -0.39 is 0 Å². The van der Waals surface area contributed by atoms with Crippen LogP contribution in [0.4, 0.5) is 0 Å². The van der Waals surface area contributed by atoms with Gasteiger partial charge < -0.3 is 9.72 Å². The number of aromatic amines is 1. The summed E-state index contributed by atoms with van der Waals surface area (Å²) in [6.07, 6.45) is 0. The Morgan fingerprint density at radius 1 is 1.11 bits per heavy atom. The normalized spacial score (nSPS) is 10.6. The molecule has 3 rings (SSSR count). The van der Waals surface area contributed by atoms with Gasteiger partial charge in [-0.3, -0.25) is 4.79 Å². The number of hydrogen-bond acceptors (Lipinski definition) is 3. The van der Waals surface area contributed by atoms with Gasteiger partial charge in [-0.2, -0.15) is 0 Å². The number of methoxy groups -OCH3 is 1. The van der Waals surface area contributed by atoms with E-state index in [1.54, 1.807) is 25.3 Å². The van der Waals surface area contributed by atoms with Gasteiger partial charge in [-0.05, 0) is 12.1 Å². The standard InChI is InChI=1S/C15H12N2O2/c1-19-11-7-8-12-13(9-11)16-14(15(18)17-12)10-5-3-2-4-6-10/h2-9H,1H3,(H,17,18). The van der Waals surface area contributed by atoms with Crippen molar-refractivity contribution >= 4 is 11.0 Å². The molecule has 0 unspecified atom stereocenters. The zero-order chi connectivity index (χ0) is 13.2. The molecular weight excluding hydrogens is 240 g/mol. The number of ether oxygens (including phenoxy) is 1. The van der Waals surface area contributed by atoms with Crippen LogP contribution in [0.25, 0.3) is 22.3 Å². The first-order valence-electron chi connectivity index (χ1n) is 5.91. The van der Waals surface area contributed by atoms with Gasteiger partial charge in [-0.1, -0.05) is 30.3 Å². The maximum Gasteiger partial charge on any atom is 0.274 e. The highest BCUT2D eigenvalue weighted by Gasteiger charge is 2.07. The average molecular weight is 252 g/mol. The van der Waals surface area contributed by atoms with Gasteiger partial charge in [-0.25, -0.2) is 4.98 Å². The summed E-state index contributed by atoms with van der Waals surface area (Å²) in [5.41, 5.74) is 2.43. The third-order valence-corrected chi connectivity index (χ3v) is 2.95. The molecule has 2 aromatic carbocycles. The summed E-state index contributed by atoms with van der Waals surface area (Å²) in [5.74, 6) is 0.714. The number of aromatic nitrogens is 2. The lowest BCUT2D eigenvalue weighted by atomic mass is 10.1. The van der Waals surface area contributed by atoms with Crippen LogP contribution in [-0.2, 0) is 0 Å². The highest BCUT2D eigenvalue weighted by Crippen LogP contribution is 2.19. The lowest BCUT2D eigenvalue weighted by molar-refractivity contribution is 0.415. The van der Waals surface area contributed by atoms with Crippen molar-refractivity contribution < 1.29 is 4.74 Å². The largest absolute Gasteiger partial charge is 0.497 e. The molecule has 0 aliphatic carbocycles. The zero-order valence-electron chi connectivity index (χ0n) is 10.4. The molecule has 1 N–H and O–H groups in total. The number of rotatable bonds is 2. The van der Waals surface area contributed by atoms with E-state index in [1.165, 1.54) is 0 Å². The number of nitrogens with one attached hydrogen (secondary N) is 1. The number of nitrogens with zero attached hydrogens (tertiary/aromatic N) is 1. The van der Waals surface area contributed by atoms with Crippen LogP contribution in [0.15, 0.2) is 53.3 Å². The highest BCUT2D eigenvalue weighted by atomic mass is 16.5. The number of H-pyrrole nitrogens is 1. The first-order chi connectivity index (χ1) is 9.28. The SMILES string of the molecule is COc1ccc2[nH]c(=O)c(-c3ccccc3)nc2c1. The average Bonchev–Trinajstić information content (AvgIpc) is 2.47. The number of benzene rings is 2. The van der Waals surface area contributed by atoms with Crippen LogP contribution >= 0.6 is 0 Å². The molecule has 0 saturated carbocycles. The fourth-order valence-corrected chi connectivity index (χ4v) is 1.98. The third-order valence-electron chi connectivity index (χ3n) is 2.95. The van der Waals surface area contributed by atoms with Crippen molar-refractivity contribution in [2.75, 3.05) is 7.11 Å². The van der Waals surface area contributed by atoms with E-state index in [0.717, 1.165) is 5.56 Å².